The largest absolute Gasteiger partial charge is 0.330 e. The van der Waals surface area contributed by atoms with Crippen LogP contribution in [0.2, 0.25) is 0 Å². The number of hydrogen-bond acceptors (Lipinski definition) is 2. The van der Waals surface area contributed by atoms with E-state index in [-0.39, 0.29) is 0 Å². The zero-order valence-electron chi connectivity index (χ0n) is 9.34. The Morgan fingerprint density at radius 2 is 1.79 bits per heavy atom. The molecule has 0 heterocycles. The fourth-order valence-corrected chi connectivity index (χ4v) is 3.21. The molecule has 0 aromatic carbocycles. The Morgan fingerprint density at radius 1 is 1.07 bits per heavy atom. The second kappa shape index (κ2) is 4.63. The van der Waals surface area contributed by atoms with E-state index in [1.54, 1.807) is 0 Å². The monoisotopic (exact) mass is 196 g/mol. The summed E-state index contributed by atoms with van der Waals surface area (Å²) in [6.45, 7) is 3.26. The van der Waals surface area contributed by atoms with Crippen molar-refractivity contribution in [2.24, 2.45) is 17.6 Å². The molecule has 3 N–H and O–H groups in total. The third-order valence-corrected chi connectivity index (χ3v) is 4.25. The van der Waals surface area contributed by atoms with Gasteiger partial charge in [0.05, 0.1) is 0 Å². The van der Waals surface area contributed by atoms with Crippen molar-refractivity contribution in [1.82, 2.24) is 5.32 Å². The molecule has 82 valence electrons. The zero-order valence-corrected chi connectivity index (χ0v) is 9.34. The molecule has 4 unspecified atom stereocenters. The second-order valence-electron chi connectivity index (χ2n) is 5.21. The van der Waals surface area contributed by atoms with Gasteiger partial charge in [-0.15, -0.1) is 0 Å². The summed E-state index contributed by atoms with van der Waals surface area (Å²) in [6.07, 6.45) is 8.28. The number of hydrogen-bond donors (Lipinski definition) is 2. The zero-order chi connectivity index (χ0) is 9.97. The minimum Gasteiger partial charge on any atom is -0.330 e. The van der Waals surface area contributed by atoms with Crippen molar-refractivity contribution in [1.29, 1.82) is 0 Å². The summed E-state index contributed by atoms with van der Waals surface area (Å²) >= 11 is 0. The molecule has 2 rings (SSSR count). The van der Waals surface area contributed by atoms with Crippen LogP contribution in [0.25, 0.3) is 0 Å². The van der Waals surface area contributed by atoms with Gasteiger partial charge in [-0.2, -0.15) is 0 Å². The Hall–Kier alpha value is -0.0800. The van der Waals surface area contributed by atoms with Crippen molar-refractivity contribution in [3.05, 3.63) is 0 Å². The highest BCUT2D eigenvalue weighted by Crippen LogP contribution is 2.30. The van der Waals surface area contributed by atoms with Crippen LogP contribution in [-0.2, 0) is 0 Å². The van der Waals surface area contributed by atoms with E-state index < -0.39 is 0 Å². The molecule has 2 heteroatoms. The van der Waals surface area contributed by atoms with Crippen molar-refractivity contribution < 1.29 is 0 Å². The van der Waals surface area contributed by atoms with Crippen LogP contribution in [0.4, 0.5) is 0 Å². The second-order valence-corrected chi connectivity index (χ2v) is 5.21. The van der Waals surface area contributed by atoms with E-state index in [1.807, 2.05) is 0 Å². The fraction of sp³-hybridized carbons (Fsp3) is 1.00. The number of nitrogens with one attached hydrogen (secondary N) is 1. The molecule has 2 nitrogen and oxygen atoms in total. The average Bonchev–Trinajstić information content (AvgIpc) is 2.77. The van der Waals surface area contributed by atoms with Crippen LogP contribution in [0.5, 0.6) is 0 Å². The maximum Gasteiger partial charge on any atom is 0.0110 e. The van der Waals surface area contributed by atoms with Gasteiger partial charge in [-0.05, 0) is 44.1 Å². The number of nitrogens with two attached hydrogens (primary N) is 1. The van der Waals surface area contributed by atoms with E-state index in [1.165, 1.54) is 38.5 Å². The highest BCUT2D eigenvalue weighted by molar-refractivity contribution is 4.89. The molecule has 2 aliphatic carbocycles. The van der Waals surface area contributed by atoms with Crippen molar-refractivity contribution >= 4 is 0 Å². The molecule has 14 heavy (non-hydrogen) atoms. The topological polar surface area (TPSA) is 38.0 Å². The molecule has 2 fully saturated rings. The van der Waals surface area contributed by atoms with Gasteiger partial charge in [-0.25, -0.2) is 0 Å². The highest BCUT2D eigenvalue weighted by Gasteiger charge is 2.31. The maximum absolute atomic E-state index is 5.79. The van der Waals surface area contributed by atoms with Crippen LogP contribution in [0.1, 0.15) is 45.4 Å². The maximum atomic E-state index is 5.79. The summed E-state index contributed by atoms with van der Waals surface area (Å²) in [5.41, 5.74) is 5.79. The minimum atomic E-state index is 0.727. The summed E-state index contributed by atoms with van der Waals surface area (Å²) in [4.78, 5) is 0. The quantitative estimate of drug-likeness (QED) is 0.723. The van der Waals surface area contributed by atoms with E-state index in [2.05, 4.69) is 12.2 Å². The van der Waals surface area contributed by atoms with Crippen molar-refractivity contribution in [2.45, 2.75) is 57.5 Å². The Balaban J connectivity index is 1.83. The molecule has 2 aliphatic rings. The Kier molecular flexibility index (Phi) is 3.45. The summed E-state index contributed by atoms with van der Waals surface area (Å²) in [6, 6.07) is 1.51. The predicted molar refractivity (Wildman–Crippen MR) is 60.1 cm³/mol. The van der Waals surface area contributed by atoms with Crippen LogP contribution < -0.4 is 11.1 Å². The van der Waals surface area contributed by atoms with E-state index in [4.69, 9.17) is 5.73 Å². The summed E-state index contributed by atoms with van der Waals surface area (Å²) in [7, 11) is 0. The lowest BCUT2D eigenvalue weighted by Crippen LogP contribution is -2.43. The first-order valence-electron chi connectivity index (χ1n) is 6.27. The lowest BCUT2D eigenvalue weighted by molar-refractivity contribution is 0.325. The van der Waals surface area contributed by atoms with Gasteiger partial charge in [-0.3, -0.25) is 0 Å². The van der Waals surface area contributed by atoms with Crippen LogP contribution in [0.3, 0.4) is 0 Å². The smallest absolute Gasteiger partial charge is 0.0110 e. The van der Waals surface area contributed by atoms with Gasteiger partial charge in [-0.1, -0.05) is 19.8 Å². The lowest BCUT2D eigenvalue weighted by atomic mass is 10.00. The van der Waals surface area contributed by atoms with Crippen molar-refractivity contribution in [3.8, 4) is 0 Å². The Bertz CT molecular complexity index is 181. The summed E-state index contributed by atoms with van der Waals surface area (Å²) in [5.74, 6) is 1.64. The predicted octanol–water partition coefficient (Wildman–Crippen LogP) is 1.89. The van der Waals surface area contributed by atoms with Crippen LogP contribution in [-0.4, -0.2) is 18.6 Å². The third kappa shape index (κ3) is 2.12. The first-order chi connectivity index (χ1) is 6.81. The van der Waals surface area contributed by atoms with Crippen LogP contribution in [0, 0.1) is 11.8 Å². The SMILES string of the molecule is CC1CCCC1NC1CCCC1CN. The highest BCUT2D eigenvalue weighted by atomic mass is 15.0. The van der Waals surface area contributed by atoms with Gasteiger partial charge < -0.3 is 11.1 Å². The summed E-state index contributed by atoms with van der Waals surface area (Å²) in [5, 5.41) is 3.85. The normalized spacial score (nSPS) is 43.3. The molecule has 0 aliphatic heterocycles. The average molecular weight is 196 g/mol. The first kappa shape index (κ1) is 10.4. The molecule has 0 aromatic rings. The summed E-state index contributed by atoms with van der Waals surface area (Å²) < 4.78 is 0. The fourth-order valence-electron chi connectivity index (χ4n) is 3.21. The minimum absolute atomic E-state index is 0.727. The molecule has 0 aromatic heterocycles. The first-order valence-corrected chi connectivity index (χ1v) is 6.27. The van der Waals surface area contributed by atoms with Gasteiger partial charge in [0, 0.05) is 12.1 Å². The third-order valence-electron chi connectivity index (χ3n) is 4.25. The van der Waals surface area contributed by atoms with E-state index in [0.29, 0.717) is 0 Å². The van der Waals surface area contributed by atoms with Crippen LogP contribution in [0.15, 0.2) is 0 Å². The molecule has 0 amide bonds. The van der Waals surface area contributed by atoms with E-state index in [9.17, 15) is 0 Å². The van der Waals surface area contributed by atoms with Gasteiger partial charge >= 0.3 is 0 Å². The van der Waals surface area contributed by atoms with Crippen molar-refractivity contribution in [3.63, 3.8) is 0 Å². The van der Waals surface area contributed by atoms with Crippen molar-refractivity contribution in [2.75, 3.05) is 6.54 Å². The van der Waals surface area contributed by atoms with Gasteiger partial charge in [0.25, 0.3) is 0 Å². The molecule has 0 spiro atoms. The Labute approximate surface area is 87.6 Å². The standard InChI is InChI=1S/C12H24N2/c1-9-4-2-6-11(9)14-12-7-3-5-10(12)8-13/h9-12,14H,2-8,13H2,1H3. The molecule has 2 saturated carbocycles. The van der Waals surface area contributed by atoms with Gasteiger partial charge in [0.1, 0.15) is 0 Å². The van der Waals surface area contributed by atoms with Gasteiger partial charge in [0.15, 0.2) is 0 Å². The van der Waals surface area contributed by atoms with E-state index in [0.717, 1.165) is 30.5 Å². The molecule has 0 saturated heterocycles. The van der Waals surface area contributed by atoms with Gasteiger partial charge in [0.2, 0.25) is 0 Å². The Morgan fingerprint density at radius 3 is 2.43 bits per heavy atom. The molecular formula is C12H24N2. The molecule has 4 atom stereocenters. The molecule has 0 bridgehead atoms. The molecule has 0 radical (unpaired) electrons. The number of rotatable bonds is 3. The van der Waals surface area contributed by atoms with Crippen LogP contribution >= 0.6 is 0 Å². The molecular weight excluding hydrogens is 172 g/mol. The lowest BCUT2D eigenvalue weighted by Gasteiger charge is -2.26. The van der Waals surface area contributed by atoms with E-state index >= 15 is 0 Å².